The number of hydrogen-bond acceptors (Lipinski definition) is 3. The van der Waals surface area contributed by atoms with Crippen molar-refractivity contribution in [3.8, 4) is 0 Å². The molecule has 138 valence electrons. The predicted molar refractivity (Wildman–Crippen MR) is 112 cm³/mol. The number of halogens is 1. The fourth-order valence-corrected chi connectivity index (χ4v) is 3.45. The van der Waals surface area contributed by atoms with E-state index in [0.29, 0.717) is 12.3 Å². The lowest BCUT2D eigenvalue weighted by molar-refractivity contribution is 0.164. The van der Waals surface area contributed by atoms with Crippen LogP contribution >= 0.6 is 24.0 Å². The van der Waals surface area contributed by atoms with E-state index in [0.717, 1.165) is 38.1 Å². The van der Waals surface area contributed by atoms with Gasteiger partial charge in [-0.1, -0.05) is 13.8 Å². The van der Waals surface area contributed by atoms with E-state index in [-0.39, 0.29) is 28.7 Å². The molecule has 1 heterocycles. The summed E-state index contributed by atoms with van der Waals surface area (Å²) in [7, 11) is 1.01. The molecule has 1 saturated heterocycles. The second-order valence-electron chi connectivity index (χ2n) is 7.32. The van der Waals surface area contributed by atoms with Crippen molar-refractivity contribution in [2.75, 3.05) is 52.1 Å². The highest BCUT2D eigenvalue weighted by atomic mass is 127. The molecular weight excluding hydrogens is 423 g/mol. The zero-order valence-corrected chi connectivity index (χ0v) is 18.7. The Bertz CT molecular complexity index is 388. The highest BCUT2D eigenvalue weighted by Crippen LogP contribution is 2.10. The number of guanidine groups is 1. The summed E-state index contributed by atoms with van der Waals surface area (Å²) in [6, 6.07) is 0. The Morgan fingerprint density at radius 1 is 1.22 bits per heavy atom. The average Bonchev–Trinajstić information content (AvgIpc) is 2.43. The SMILES string of the molecule is CN=C(NCCS(=O)C(C)(C)C)N1CCN(CC(C)C)CC1.I. The van der Waals surface area contributed by atoms with E-state index in [1.165, 1.54) is 6.54 Å². The molecular formula is C16H35IN4OS. The van der Waals surface area contributed by atoms with Gasteiger partial charge in [0.25, 0.3) is 0 Å². The van der Waals surface area contributed by atoms with Gasteiger partial charge in [-0.05, 0) is 26.7 Å². The normalized spacial score (nSPS) is 18.7. The zero-order valence-electron chi connectivity index (χ0n) is 15.6. The largest absolute Gasteiger partial charge is 0.355 e. The molecule has 0 aromatic heterocycles. The van der Waals surface area contributed by atoms with Gasteiger partial charge in [-0.2, -0.15) is 0 Å². The molecule has 1 aliphatic rings. The van der Waals surface area contributed by atoms with Crippen LogP contribution < -0.4 is 5.32 Å². The third kappa shape index (κ3) is 8.67. The maximum atomic E-state index is 12.1. The Labute approximate surface area is 162 Å². The van der Waals surface area contributed by atoms with Crippen molar-refractivity contribution in [2.45, 2.75) is 39.4 Å². The van der Waals surface area contributed by atoms with E-state index < -0.39 is 10.8 Å². The van der Waals surface area contributed by atoms with Gasteiger partial charge in [0.2, 0.25) is 0 Å². The minimum Gasteiger partial charge on any atom is -0.355 e. The van der Waals surface area contributed by atoms with Crippen molar-refractivity contribution in [1.82, 2.24) is 15.1 Å². The molecule has 1 aliphatic heterocycles. The van der Waals surface area contributed by atoms with E-state index in [1.807, 2.05) is 27.8 Å². The summed E-state index contributed by atoms with van der Waals surface area (Å²) in [4.78, 5) is 9.19. The molecule has 0 aliphatic carbocycles. The highest BCUT2D eigenvalue weighted by molar-refractivity contribution is 14.0. The lowest BCUT2D eigenvalue weighted by atomic mass is 10.2. The van der Waals surface area contributed by atoms with Gasteiger partial charge in [-0.15, -0.1) is 24.0 Å². The maximum Gasteiger partial charge on any atom is 0.193 e. The molecule has 7 heteroatoms. The first kappa shape index (κ1) is 23.1. The van der Waals surface area contributed by atoms with Gasteiger partial charge in [0.05, 0.1) is 0 Å². The van der Waals surface area contributed by atoms with E-state index in [1.54, 1.807) is 0 Å². The monoisotopic (exact) mass is 458 g/mol. The van der Waals surface area contributed by atoms with Gasteiger partial charge in [-0.25, -0.2) is 0 Å². The Hall–Kier alpha value is 0.110. The minimum atomic E-state index is -0.817. The van der Waals surface area contributed by atoms with Crippen molar-refractivity contribution in [3.63, 3.8) is 0 Å². The number of rotatable bonds is 5. The van der Waals surface area contributed by atoms with Crippen molar-refractivity contribution in [1.29, 1.82) is 0 Å². The average molecular weight is 458 g/mol. The van der Waals surface area contributed by atoms with Crippen molar-refractivity contribution in [2.24, 2.45) is 10.9 Å². The van der Waals surface area contributed by atoms with Gasteiger partial charge in [-0.3, -0.25) is 14.1 Å². The van der Waals surface area contributed by atoms with E-state index in [2.05, 4.69) is 34.0 Å². The van der Waals surface area contributed by atoms with Crippen molar-refractivity contribution >= 4 is 40.7 Å². The summed E-state index contributed by atoms with van der Waals surface area (Å²) < 4.78 is 11.9. The van der Waals surface area contributed by atoms with Crippen LogP contribution in [0.3, 0.4) is 0 Å². The second kappa shape index (κ2) is 10.9. The molecule has 1 atom stereocenters. The number of piperazine rings is 1. The van der Waals surface area contributed by atoms with E-state index in [4.69, 9.17) is 0 Å². The molecule has 1 unspecified atom stereocenters. The second-order valence-corrected chi connectivity index (χ2v) is 9.64. The number of aliphatic imine (C=N–C) groups is 1. The fraction of sp³-hybridized carbons (Fsp3) is 0.938. The third-order valence-corrected chi connectivity index (χ3v) is 5.70. The third-order valence-electron chi connectivity index (χ3n) is 3.76. The van der Waals surface area contributed by atoms with E-state index in [9.17, 15) is 4.21 Å². The molecule has 0 spiro atoms. The van der Waals surface area contributed by atoms with Crippen LogP contribution in [0.5, 0.6) is 0 Å². The molecule has 0 saturated carbocycles. The van der Waals surface area contributed by atoms with Gasteiger partial charge < -0.3 is 10.2 Å². The number of nitrogens with one attached hydrogen (secondary N) is 1. The van der Waals surface area contributed by atoms with Crippen LogP contribution in [0.4, 0.5) is 0 Å². The number of nitrogens with zero attached hydrogens (tertiary/aromatic N) is 3. The zero-order chi connectivity index (χ0) is 16.8. The first-order chi connectivity index (χ1) is 10.2. The summed E-state index contributed by atoms with van der Waals surface area (Å²) >= 11 is 0. The van der Waals surface area contributed by atoms with Crippen molar-refractivity contribution in [3.05, 3.63) is 0 Å². The van der Waals surface area contributed by atoms with Crippen molar-refractivity contribution < 1.29 is 4.21 Å². The molecule has 1 fully saturated rings. The Balaban J connectivity index is 0.00000484. The Morgan fingerprint density at radius 3 is 2.22 bits per heavy atom. The molecule has 0 aromatic carbocycles. The molecule has 0 radical (unpaired) electrons. The molecule has 23 heavy (non-hydrogen) atoms. The first-order valence-corrected chi connectivity index (χ1v) is 9.62. The van der Waals surface area contributed by atoms with Crippen LogP contribution in [0.2, 0.25) is 0 Å². The summed E-state index contributed by atoms with van der Waals surface area (Å²) in [5.74, 6) is 2.32. The molecule has 0 bridgehead atoms. The van der Waals surface area contributed by atoms with Gasteiger partial charge >= 0.3 is 0 Å². The van der Waals surface area contributed by atoms with Gasteiger partial charge in [0.15, 0.2) is 5.96 Å². The lowest BCUT2D eigenvalue weighted by Gasteiger charge is -2.37. The van der Waals surface area contributed by atoms with Crippen LogP contribution in [0, 0.1) is 5.92 Å². The lowest BCUT2D eigenvalue weighted by Crippen LogP contribution is -2.53. The van der Waals surface area contributed by atoms with Gasteiger partial charge in [0, 0.05) is 67.6 Å². The van der Waals surface area contributed by atoms with Crippen LogP contribution in [-0.4, -0.2) is 76.8 Å². The molecule has 1 rings (SSSR count). The predicted octanol–water partition coefficient (Wildman–Crippen LogP) is 2.00. The topological polar surface area (TPSA) is 47.9 Å². The van der Waals surface area contributed by atoms with E-state index >= 15 is 0 Å². The number of hydrogen-bond donors (Lipinski definition) is 1. The van der Waals surface area contributed by atoms with Crippen LogP contribution in [0.1, 0.15) is 34.6 Å². The van der Waals surface area contributed by atoms with Crippen LogP contribution in [0.25, 0.3) is 0 Å². The smallest absolute Gasteiger partial charge is 0.193 e. The first-order valence-electron chi connectivity index (χ1n) is 8.30. The maximum absolute atomic E-state index is 12.1. The minimum absolute atomic E-state index is 0. The quantitative estimate of drug-likeness (QED) is 0.389. The standard InChI is InChI=1S/C16H34N4OS.HI/c1-14(2)13-19-8-10-20(11-9-19)15(17-6)18-7-12-22(21)16(3,4)5;/h14H,7-13H2,1-6H3,(H,17,18);1H. The molecule has 1 N–H and O–H groups in total. The summed E-state index contributed by atoms with van der Waals surface area (Å²) in [6.45, 7) is 16.7. The molecule has 5 nitrogen and oxygen atoms in total. The Morgan fingerprint density at radius 2 is 1.78 bits per heavy atom. The van der Waals surface area contributed by atoms with Gasteiger partial charge in [0.1, 0.15) is 0 Å². The van der Waals surface area contributed by atoms with Crippen LogP contribution in [-0.2, 0) is 10.8 Å². The molecule has 0 aromatic rings. The summed E-state index contributed by atoms with van der Waals surface area (Å²) in [5.41, 5.74) is 0. The molecule has 0 amide bonds. The fourth-order valence-electron chi connectivity index (χ4n) is 2.55. The summed E-state index contributed by atoms with van der Waals surface area (Å²) in [5, 5.41) is 3.36. The highest BCUT2D eigenvalue weighted by Gasteiger charge is 2.21. The summed E-state index contributed by atoms with van der Waals surface area (Å²) in [6.07, 6.45) is 0. The Kier molecular flexibility index (Phi) is 10.9. The van der Waals surface area contributed by atoms with Crippen LogP contribution in [0.15, 0.2) is 4.99 Å².